The van der Waals surface area contributed by atoms with Crippen LogP contribution in [0.4, 0.5) is 10.5 Å². The van der Waals surface area contributed by atoms with Crippen molar-refractivity contribution in [1.82, 2.24) is 9.80 Å². The third kappa shape index (κ3) is 5.13. The third-order valence-corrected chi connectivity index (χ3v) is 7.38. The van der Waals surface area contributed by atoms with E-state index in [0.29, 0.717) is 5.92 Å². The van der Waals surface area contributed by atoms with Crippen LogP contribution in [0, 0.1) is 19.8 Å². The maximum atomic E-state index is 12.6. The highest BCUT2D eigenvalue weighted by atomic mass is 16.5. The Morgan fingerprint density at radius 2 is 1.83 bits per heavy atom. The van der Waals surface area contributed by atoms with Crippen LogP contribution in [-0.4, -0.2) is 60.8 Å². The molecular formula is C24H37N3O2. The SMILES string of the molecule is Cc1ccc(NC(=O)N2CCC(CN3CCC4(CCCCO4)CC3)CC2)cc1C. The molecule has 3 heterocycles. The van der Waals surface area contributed by atoms with Crippen LogP contribution in [0.1, 0.15) is 56.1 Å². The molecule has 4 rings (SSSR count). The van der Waals surface area contributed by atoms with E-state index in [2.05, 4.69) is 36.2 Å². The molecule has 0 bridgehead atoms. The van der Waals surface area contributed by atoms with Gasteiger partial charge in [-0.05, 0) is 88.0 Å². The van der Waals surface area contributed by atoms with E-state index < -0.39 is 0 Å². The molecule has 0 aromatic heterocycles. The van der Waals surface area contributed by atoms with Crippen molar-refractivity contribution in [3.05, 3.63) is 29.3 Å². The van der Waals surface area contributed by atoms with E-state index in [1.54, 1.807) is 0 Å². The largest absolute Gasteiger partial charge is 0.375 e. The number of piperidine rings is 2. The minimum atomic E-state index is 0.0427. The van der Waals surface area contributed by atoms with Crippen molar-refractivity contribution in [1.29, 1.82) is 0 Å². The van der Waals surface area contributed by atoms with Gasteiger partial charge >= 0.3 is 6.03 Å². The molecule has 3 aliphatic heterocycles. The Bertz CT molecular complexity index is 696. The van der Waals surface area contributed by atoms with Gasteiger partial charge in [0.25, 0.3) is 0 Å². The number of rotatable bonds is 3. The van der Waals surface area contributed by atoms with Crippen molar-refractivity contribution in [2.45, 2.75) is 64.4 Å². The summed E-state index contributed by atoms with van der Waals surface area (Å²) in [5.74, 6) is 0.710. The first kappa shape index (κ1) is 20.7. The van der Waals surface area contributed by atoms with Gasteiger partial charge in [-0.2, -0.15) is 0 Å². The van der Waals surface area contributed by atoms with Crippen molar-refractivity contribution in [3.63, 3.8) is 0 Å². The van der Waals surface area contributed by atoms with Crippen LogP contribution in [0.5, 0.6) is 0 Å². The van der Waals surface area contributed by atoms with Crippen LogP contribution in [0.25, 0.3) is 0 Å². The summed E-state index contributed by atoms with van der Waals surface area (Å²) in [4.78, 5) is 17.2. The predicted molar refractivity (Wildman–Crippen MR) is 117 cm³/mol. The number of carbonyl (C=O) groups excluding carboxylic acids is 1. The highest BCUT2D eigenvalue weighted by molar-refractivity contribution is 5.89. The number of hydrogen-bond acceptors (Lipinski definition) is 3. The van der Waals surface area contributed by atoms with Crippen LogP contribution in [0.3, 0.4) is 0 Å². The maximum Gasteiger partial charge on any atom is 0.321 e. The molecule has 2 amide bonds. The zero-order valence-electron chi connectivity index (χ0n) is 18.2. The number of carbonyl (C=O) groups is 1. The smallest absolute Gasteiger partial charge is 0.321 e. The number of hydrogen-bond donors (Lipinski definition) is 1. The number of benzene rings is 1. The van der Waals surface area contributed by atoms with Crippen molar-refractivity contribution in [3.8, 4) is 0 Å². The van der Waals surface area contributed by atoms with Gasteiger partial charge in [-0.3, -0.25) is 0 Å². The molecule has 0 saturated carbocycles. The van der Waals surface area contributed by atoms with Gasteiger partial charge in [0.15, 0.2) is 0 Å². The minimum absolute atomic E-state index is 0.0427. The highest BCUT2D eigenvalue weighted by Crippen LogP contribution is 2.35. The second-order valence-corrected chi connectivity index (χ2v) is 9.45. The lowest BCUT2D eigenvalue weighted by molar-refractivity contribution is -0.112. The van der Waals surface area contributed by atoms with E-state index in [0.717, 1.165) is 38.2 Å². The van der Waals surface area contributed by atoms with Crippen molar-refractivity contribution >= 4 is 11.7 Å². The van der Waals surface area contributed by atoms with Crippen molar-refractivity contribution in [2.24, 2.45) is 5.92 Å². The number of likely N-dealkylation sites (tertiary alicyclic amines) is 2. The summed E-state index contributed by atoms with van der Waals surface area (Å²) < 4.78 is 6.17. The summed E-state index contributed by atoms with van der Waals surface area (Å²) in [5, 5.41) is 3.07. The monoisotopic (exact) mass is 399 g/mol. The molecule has 3 aliphatic rings. The predicted octanol–water partition coefficient (Wildman–Crippen LogP) is 4.58. The Labute approximate surface area is 175 Å². The van der Waals surface area contributed by atoms with E-state index in [1.807, 2.05) is 11.0 Å². The molecule has 1 spiro atoms. The van der Waals surface area contributed by atoms with Crippen LogP contribution in [-0.2, 0) is 4.74 Å². The Morgan fingerprint density at radius 1 is 1.07 bits per heavy atom. The Hall–Kier alpha value is -1.59. The quantitative estimate of drug-likeness (QED) is 0.809. The zero-order valence-corrected chi connectivity index (χ0v) is 18.2. The number of nitrogens with one attached hydrogen (secondary N) is 1. The van der Waals surface area contributed by atoms with Gasteiger partial charge < -0.3 is 19.9 Å². The molecule has 0 atom stereocenters. The number of aryl methyl sites for hydroxylation is 2. The normalized spacial score (nSPS) is 23.3. The molecule has 3 fully saturated rings. The molecule has 0 unspecified atom stereocenters. The van der Waals surface area contributed by atoms with E-state index in [9.17, 15) is 4.79 Å². The van der Waals surface area contributed by atoms with Crippen LogP contribution in [0.15, 0.2) is 18.2 Å². The Morgan fingerprint density at radius 3 is 2.48 bits per heavy atom. The van der Waals surface area contributed by atoms with E-state index in [1.165, 1.54) is 62.9 Å². The standard InChI is InChI=1S/C24H37N3O2/c1-19-5-6-22(17-20(19)2)25-23(28)27-12-7-21(8-13-27)18-26-14-10-24(11-15-26)9-3-4-16-29-24/h5-6,17,21H,3-4,7-16,18H2,1-2H3,(H,25,28). The first-order valence-corrected chi connectivity index (χ1v) is 11.5. The van der Waals surface area contributed by atoms with Gasteiger partial charge in [0.05, 0.1) is 5.60 Å². The summed E-state index contributed by atoms with van der Waals surface area (Å²) in [6.07, 6.45) is 8.45. The Balaban J connectivity index is 1.19. The highest BCUT2D eigenvalue weighted by Gasteiger charge is 2.37. The van der Waals surface area contributed by atoms with E-state index in [4.69, 9.17) is 4.74 Å². The lowest BCUT2D eigenvalue weighted by Gasteiger charge is -2.45. The maximum absolute atomic E-state index is 12.6. The molecule has 5 heteroatoms. The lowest BCUT2D eigenvalue weighted by atomic mass is 9.84. The van der Waals surface area contributed by atoms with Crippen LogP contribution in [0.2, 0.25) is 0 Å². The van der Waals surface area contributed by atoms with Gasteiger partial charge in [0.1, 0.15) is 0 Å². The van der Waals surface area contributed by atoms with Crippen LogP contribution >= 0.6 is 0 Å². The number of urea groups is 1. The van der Waals surface area contributed by atoms with E-state index >= 15 is 0 Å². The van der Waals surface area contributed by atoms with Crippen molar-refractivity contribution in [2.75, 3.05) is 44.6 Å². The molecule has 29 heavy (non-hydrogen) atoms. The zero-order chi connectivity index (χ0) is 20.3. The summed E-state index contributed by atoms with van der Waals surface area (Å²) in [7, 11) is 0. The molecule has 3 saturated heterocycles. The fraction of sp³-hybridized carbons (Fsp3) is 0.708. The van der Waals surface area contributed by atoms with Gasteiger partial charge in [-0.25, -0.2) is 4.79 Å². The average molecular weight is 400 g/mol. The molecule has 0 aliphatic carbocycles. The van der Waals surface area contributed by atoms with Gasteiger partial charge in [0.2, 0.25) is 0 Å². The fourth-order valence-corrected chi connectivity index (χ4v) is 5.15. The molecule has 160 valence electrons. The lowest BCUT2D eigenvalue weighted by Crippen LogP contribution is -2.49. The molecule has 1 N–H and O–H groups in total. The average Bonchev–Trinajstić information content (AvgIpc) is 2.74. The topological polar surface area (TPSA) is 44.8 Å². The molecule has 0 radical (unpaired) electrons. The number of ether oxygens (including phenoxy) is 1. The molecule has 1 aromatic rings. The number of amides is 2. The van der Waals surface area contributed by atoms with Gasteiger partial charge in [0, 0.05) is 45.0 Å². The number of anilines is 1. The summed E-state index contributed by atoms with van der Waals surface area (Å²) in [5.41, 5.74) is 3.56. The molecule has 5 nitrogen and oxygen atoms in total. The second-order valence-electron chi connectivity index (χ2n) is 9.45. The summed E-state index contributed by atoms with van der Waals surface area (Å²) in [6, 6.07) is 6.16. The minimum Gasteiger partial charge on any atom is -0.375 e. The number of nitrogens with zero attached hydrogens (tertiary/aromatic N) is 2. The van der Waals surface area contributed by atoms with E-state index in [-0.39, 0.29) is 11.6 Å². The fourth-order valence-electron chi connectivity index (χ4n) is 5.15. The Kier molecular flexibility index (Phi) is 6.45. The van der Waals surface area contributed by atoms with Gasteiger partial charge in [-0.1, -0.05) is 6.07 Å². The summed E-state index contributed by atoms with van der Waals surface area (Å²) in [6.45, 7) is 10.4. The van der Waals surface area contributed by atoms with Gasteiger partial charge in [-0.15, -0.1) is 0 Å². The second kappa shape index (κ2) is 9.05. The third-order valence-electron chi connectivity index (χ3n) is 7.38. The molecular weight excluding hydrogens is 362 g/mol. The first-order chi connectivity index (χ1) is 14.0. The molecule has 1 aromatic carbocycles. The summed E-state index contributed by atoms with van der Waals surface area (Å²) >= 11 is 0. The first-order valence-electron chi connectivity index (χ1n) is 11.5. The van der Waals surface area contributed by atoms with Crippen LogP contribution < -0.4 is 5.32 Å². The van der Waals surface area contributed by atoms with Crippen molar-refractivity contribution < 1.29 is 9.53 Å².